The van der Waals surface area contributed by atoms with E-state index >= 15 is 0 Å². The van der Waals surface area contributed by atoms with Crippen LogP contribution in [-0.2, 0) is 11.2 Å². The Kier molecular flexibility index (Phi) is 3.92. The minimum atomic E-state index is -0.873. The number of aryl methyl sites for hydroxylation is 1. The van der Waals surface area contributed by atoms with Crippen molar-refractivity contribution in [3.8, 4) is 16.4 Å². The first kappa shape index (κ1) is 14.3. The lowest BCUT2D eigenvalue weighted by molar-refractivity contribution is -0.136. The molecule has 1 N–H and O–H groups in total. The molecule has 0 saturated heterocycles. The predicted octanol–water partition coefficient (Wildman–Crippen LogP) is 2.55. The highest BCUT2D eigenvalue weighted by Crippen LogP contribution is 2.24. The number of rotatable bonds is 5. The summed E-state index contributed by atoms with van der Waals surface area (Å²) in [5.74, 6) is -1.17. The van der Waals surface area contributed by atoms with Crippen LogP contribution in [0.15, 0.2) is 35.8 Å². The maximum atomic E-state index is 12.9. The molecule has 3 rings (SSSR count). The van der Waals surface area contributed by atoms with Gasteiger partial charge in [-0.25, -0.2) is 9.37 Å². The van der Waals surface area contributed by atoms with Crippen molar-refractivity contribution in [1.82, 2.24) is 20.0 Å². The molecule has 0 radical (unpaired) electrons. The van der Waals surface area contributed by atoms with Crippen LogP contribution in [-0.4, -0.2) is 31.1 Å². The molecule has 3 aromatic rings. The Hall–Kier alpha value is -2.61. The van der Waals surface area contributed by atoms with Gasteiger partial charge in [0.15, 0.2) is 0 Å². The van der Waals surface area contributed by atoms with Gasteiger partial charge < -0.3 is 5.11 Å². The van der Waals surface area contributed by atoms with Crippen LogP contribution in [0.3, 0.4) is 0 Å². The third kappa shape index (κ3) is 3.17. The predicted molar refractivity (Wildman–Crippen MR) is 78.4 cm³/mol. The zero-order valence-corrected chi connectivity index (χ0v) is 12.1. The monoisotopic (exact) mass is 318 g/mol. The van der Waals surface area contributed by atoms with Gasteiger partial charge in [-0.05, 0) is 24.3 Å². The van der Waals surface area contributed by atoms with Crippen LogP contribution in [0.2, 0.25) is 0 Å². The molecule has 8 heteroatoms. The second-order valence-corrected chi connectivity index (χ2v) is 5.41. The van der Waals surface area contributed by atoms with E-state index in [1.807, 2.05) is 5.38 Å². The summed E-state index contributed by atoms with van der Waals surface area (Å²) in [5, 5.41) is 19.0. The van der Waals surface area contributed by atoms with E-state index in [-0.39, 0.29) is 12.2 Å². The van der Waals surface area contributed by atoms with Crippen molar-refractivity contribution in [3.63, 3.8) is 0 Å². The van der Waals surface area contributed by atoms with E-state index in [0.29, 0.717) is 17.2 Å². The fourth-order valence-corrected chi connectivity index (χ4v) is 2.62. The van der Waals surface area contributed by atoms with Crippen molar-refractivity contribution < 1.29 is 14.3 Å². The van der Waals surface area contributed by atoms with Gasteiger partial charge in [-0.15, -0.1) is 16.4 Å². The van der Waals surface area contributed by atoms with E-state index in [0.717, 1.165) is 11.3 Å². The minimum Gasteiger partial charge on any atom is -0.481 e. The number of carboxylic acid groups (broad SMARTS) is 1. The Balaban J connectivity index is 1.79. The molecule has 6 nitrogen and oxygen atoms in total. The molecule has 0 aliphatic heterocycles. The zero-order chi connectivity index (χ0) is 15.5. The third-order valence-corrected chi connectivity index (χ3v) is 3.79. The van der Waals surface area contributed by atoms with Gasteiger partial charge >= 0.3 is 5.97 Å². The van der Waals surface area contributed by atoms with Crippen LogP contribution in [0.25, 0.3) is 16.4 Å². The van der Waals surface area contributed by atoms with E-state index < -0.39 is 5.97 Å². The number of halogens is 1. The summed E-state index contributed by atoms with van der Waals surface area (Å²) in [6.45, 7) is 0. The van der Waals surface area contributed by atoms with Crippen molar-refractivity contribution in [2.24, 2.45) is 0 Å². The number of hydrogen-bond acceptors (Lipinski definition) is 5. The normalized spacial score (nSPS) is 10.8. The van der Waals surface area contributed by atoms with Crippen molar-refractivity contribution in [1.29, 1.82) is 0 Å². The number of carbonyl (C=O) groups is 1. The Bertz CT molecular complexity index is 797. The van der Waals surface area contributed by atoms with E-state index in [4.69, 9.17) is 5.11 Å². The Morgan fingerprint density at radius 1 is 1.32 bits per heavy atom. The van der Waals surface area contributed by atoms with E-state index in [1.54, 1.807) is 18.3 Å². The lowest BCUT2D eigenvalue weighted by Gasteiger charge is -1.95. The average Bonchev–Trinajstić information content (AvgIpc) is 3.15. The molecule has 0 unspecified atom stereocenters. The largest absolute Gasteiger partial charge is 0.481 e. The first-order valence-corrected chi connectivity index (χ1v) is 7.34. The van der Waals surface area contributed by atoms with Crippen molar-refractivity contribution in [3.05, 3.63) is 47.4 Å². The van der Waals surface area contributed by atoms with Gasteiger partial charge in [0.1, 0.15) is 5.82 Å². The molecular weight excluding hydrogens is 307 g/mol. The van der Waals surface area contributed by atoms with Gasteiger partial charge in [0.2, 0.25) is 5.13 Å². The van der Waals surface area contributed by atoms with Crippen LogP contribution in [0, 0.1) is 5.82 Å². The molecule has 0 bridgehead atoms. The van der Waals surface area contributed by atoms with Gasteiger partial charge in [-0.3, -0.25) is 4.79 Å². The van der Waals surface area contributed by atoms with Gasteiger partial charge in [0.05, 0.1) is 24.0 Å². The van der Waals surface area contributed by atoms with Gasteiger partial charge in [-0.1, -0.05) is 5.21 Å². The van der Waals surface area contributed by atoms with E-state index in [1.165, 1.54) is 28.2 Å². The van der Waals surface area contributed by atoms with Gasteiger partial charge in [0, 0.05) is 17.4 Å². The van der Waals surface area contributed by atoms with Crippen LogP contribution < -0.4 is 0 Å². The van der Waals surface area contributed by atoms with E-state index in [2.05, 4.69) is 15.3 Å². The van der Waals surface area contributed by atoms with E-state index in [9.17, 15) is 9.18 Å². The smallest absolute Gasteiger partial charge is 0.303 e. The second kappa shape index (κ2) is 6.02. The van der Waals surface area contributed by atoms with Gasteiger partial charge in [-0.2, -0.15) is 4.68 Å². The molecule has 22 heavy (non-hydrogen) atoms. The van der Waals surface area contributed by atoms with Crippen LogP contribution in [0.5, 0.6) is 0 Å². The fraction of sp³-hybridized carbons (Fsp3) is 0.143. The average molecular weight is 318 g/mol. The standard InChI is InChI=1S/C14H11FN4O2S/c15-10-3-1-9(2-4-10)12-8-22-14(16-12)19-7-11(17-18-19)5-6-13(20)21/h1-4,7-8H,5-6H2,(H,20,21). The molecule has 0 atom stereocenters. The van der Waals surface area contributed by atoms with Crippen LogP contribution in [0.1, 0.15) is 12.1 Å². The summed E-state index contributed by atoms with van der Waals surface area (Å²) in [6.07, 6.45) is 2.00. The molecule has 0 aliphatic carbocycles. The quantitative estimate of drug-likeness (QED) is 0.782. The molecule has 0 amide bonds. The molecular formula is C14H11FN4O2S. The van der Waals surface area contributed by atoms with Crippen molar-refractivity contribution in [2.45, 2.75) is 12.8 Å². The second-order valence-electron chi connectivity index (χ2n) is 4.57. The summed E-state index contributed by atoms with van der Waals surface area (Å²) in [5.41, 5.74) is 2.14. The highest BCUT2D eigenvalue weighted by molar-refractivity contribution is 7.12. The molecule has 2 aromatic heterocycles. The summed E-state index contributed by atoms with van der Waals surface area (Å²) in [4.78, 5) is 15.0. The summed E-state index contributed by atoms with van der Waals surface area (Å²) >= 11 is 1.38. The Morgan fingerprint density at radius 2 is 2.09 bits per heavy atom. The first-order valence-electron chi connectivity index (χ1n) is 6.46. The number of thiazole rings is 1. The van der Waals surface area contributed by atoms with Crippen molar-refractivity contribution >= 4 is 17.3 Å². The first-order chi connectivity index (χ1) is 10.6. The maximum Gasteiger partial charge on any atom is 0.303 e. The topological polar surface area (TPSA) is 80.9 Å². The number of aliphatic carboxylic acids is 1. The number of aromatic nitrogens is 4. The highest BCUT2D eigenvalue weighted by atomic mass is 32.1. The molecule has 0 fully saturated rings. The number of nitrogens with zero attached hydrogens (tertiary/aromatic N) is 4. The third-order valence-electron chi connectivity index (χ3n) is 2.96. The summed E-state index contributed by atoms with van der Waals surface area (Å²) in [7, 11) is 0. The molecule has 0 spiro atoms. The molecule has 0 saturated carbocycles. The summed E-state index contributed by atoms with van der Waals surface area (Å²) in [6, 6.07) is 6.09. The fourth-order valence-electron chi connectivity index (χ4n) is 1.86. The lowest BCUT2D eigenvalue weighted by atomic mass is 10.2. The van der Waals surface area contributed by atoms with Crippen LogP contribution >= 0.6 is 11.3 Å². The Morgan fingerprint density at radius 3 is 2.82 bits per heavy atom. The van der Waals surface area contributed by atoms with Gasteiger partial charge in [0.25, 0.3) is 0 Å². The Labute approximate surface area is 128 Å². The number of benzene rings is 1. The number of hydrogen-bond donors (Lipinski definition) is 1. The zero-order valence-electron chi connectivity index (χ0n) is 11.3. The number of carboxylic acids is 1. The highest BCUT2D eigenvalue weighted by Gasteiger charge is 2.10. The molecule has 112 valence electrons. The minimum absolute atomic E-state index is 0.0113. The van der Waals surface area contributed by atoms with Crippen LogP contribution in [0.4, 0.5) is 4.39 Å². The molecule has 2 heterocycles. The molecule has 0 aliphatic rings. The molecule has 1 aromatic carbocycles. The lowest BCUT2D eigenvalue weighted by Crippen LogP contribution is -1.97. The SMILES string of the molecule is O=C(O)CCc1cn(-c2nc(-c3ccc(F)cc3)cs2)nn1. The van der Waals surface area contributed by atoms with Crippen molar-refractivity contribution in [2.75, 3.05) is 0 Å². The summed E-state index contributed by atoms with van der Waals surface area (Å²) < 4.78 is 14.4. The maximum absolute atomic E-state index is 12.9.